The fourth-order valence-electron chi connectivity index (χ4n) is 1.55. The number of pyridine rings is 1. The molecule has 19 heavy (non-hydrogen) atoms. The molecule has 6 nitrogen and oxygen atoms in total. The van der Waals surface area contributed by atoms with Gasteiger partial charge in [0.1, 0.15) is 5.82 Å². The third-order valence-corrected chi connectivity index (χ3v) is 2.48. The van der Waals surface area contributed by atoms with Crippen molar-refractivity contribution in [2.24, 2.45) is 0 Å². The maximum absolute atomic E-state index is 13.0. The average Bonchev–Trinajstić information content (AvgIpc) is 2.79. The van der Waals surface area contributed by atoms with Gasteiger partial charge in [0.15, 0.2) is 5.65 Å². The van der Waals surface area contributed by atoms with Crippen LogP contribution in [0.25, 0.3) is 5.65 Å². The van der Waals surface area contributed by atoms with Crippen LogP contribution in [0, 0.1) is 5.82 Å². The van der Waals surface area contributed by atoms with E-state index in [2.05, 4.69) is 15.4 Å². The molecule has 0 spiro atoms. The Kier molecular flexibility index (Phi) is 5.05. The highest BCUT2D eigenvalue weighted by Gasteiger charge is 2.03. The molecular formula is C12H17FN4O2. The molecule has 0 aliphatic carbocycles. The van der Waals surface area contributed by atoms with Gasteiger partial charge in [0.05, 0.1) is 19.4 Å². The number of aromatic nitrogens is 3. The molecule has 0 radical (unpaired) electrons. The predicted molar refractivity (Wildman–Crippen MR) is 68.7 cm³/mol. The largest absolute Gasteiger partial charge is 0.382 e. The van der Waals surface area contributed by atoms with Crippen LogP contribution in [0.1, 0.15) is 6.42 Å². The first-order valence-electron chi connectivity index (χ1n) is 6.12. The van der Waals surface area contributed by atoms with Crippen LogP contribution in [-0.2, 0) is 9.47 Å². The van der Waals surface area contributed by atoms with E-state index >= 15 is 0 Å². The van der Waals surface area contributed by atoms with Gasteiger partial charge in [0.25, 0.3) is 0 Å². The molecule has 0 aromatic carbocycles. The zero-order valence-corrected chi connectivity index (χ0v) is 10.8. The Bertz CT molecular complexity index is 517. The molecule has 0 amide bonds. The molecule has 0 fully saturated rings. The highest BCUT2D eigenvalue weighted by Crippen LogP contribution is 2.06. The van der Waals surface area contributed by atoms with Crippen molar-refractivity contribution in [2.45, 2.75) is 6.42 Å². The van der Waals surface area contributed by atoms with Crippen LogP contribution >= 0.6 is 0 Å². The van der Waals surface area contributed by atoms with Gasteiger partial charge in [-0.3, -0.25) is 0 Å². The van der Waals surface area contributed by atoms with Crippen LogP contribution < -0.4 is 5.32 Å². The molecule has 0 aliphatic heterocycles. The van der Waals surface area contributed by atoms with Crippen molar-refractivity contribution in [1.29, 1.82) is 0 Å². The molecule has 0 aliphatic rings. The van der Waals surface area contributed by atoms with Crippen molar-refractivity contribution in [1.82, 2.24) is 14.6 Å². The minimum atomic E-state index is -0.338. The van der Waals surface area contributed by atoms with Gasteiger partial charge in [-0.2, -0.15) is 4.98 Å². The maximum Gasteiger partial charge on any atom is 0.243 e. The first kappa shape index (κ1) is 13.7. The van der Waals surface area contributed by atoms with Crippen LogP contribution in [0.2, 0.25) is 0 Å². The molecule has 0 bridgehead atoms. The Balaban J connectivity index is 1.72. The standard InChI is InChI=1S/C12H17FN4O2/c1-18-7-8-19-6-2-5-14-12-15-11-4-3-10(13)9-17(11)16-12/h3-4,9H,2,5-8H2,1H3,(H,14,16). The number of ether oxygens (including phenoxy) is 2. The summed E-state index contributed by atoms with van der Waals surface area (Å²) in [6, 6.07) is 2.94. The van der Waals surface area contributed by atoms with Crippen LogP contribution in [0.3, 0.4) is 0 Å². The summed E-state index contributed by atoms with van der Waals surface area (Å²) in [5, 5.41) is 7.18. The molecule has 2 rings (SSSR count). The summed E-state index contributed by atoms with van der Waals surface area (Å²) in [6.07, 6.45) is 2.13. The van der Waals surface area contributed by atoms with E-state index in [-0.39, 0.29) is 5.82 Å². The van der Waals surface area contributed by atoms with Crippen molar-refractivity contribution in [3.63, 3.8) is 0 Å². The van der Waals surface area contributed by atoms with Gasteiger partial charge in [-0.1, -0.05) is 0 Å². The minimum Gasteiger partial charge on any atom is -0.382 e. The van der Waals surface area contributed by atoms with Crippen LogP contribution in [0.4, 0.5) is 10.3 Å². The van der Waals surface area contributed by atoms with E-state index in [1.165, 1.54) is 16.8 Å². The second kappa shape index (κ2) is 7.01. The minimum absolute atomic E-state index is 0.338. The summed E-state index contributed by atoms with van der Waals surface area (Å²) in [6.45, 7) is 2.56. The Hall–Kier alpha value is -1.73. The van der Waals surface area contributed by atoms with Crippen molar-refractivity contribution < 1.29 is 13.9 Å². The van der Waals surface area contributed by atoms with Crippen molar-refractivity contribution in [3.05, 3.63) is 24.1 Å². The number of nitrogens with one attached hydrogen (secondary N) is 1. The topological polar surface area (TPSA) is 60.7 Å². The summed E-state index contributed by atoms with van der Waals surface area (Å²) >= 11 is 0. The Morgan fingerprint density at radius 3 is 3.05 bits per heavy atom. The van der Waals surface area contributed by atoms with E-state index in [0.29, 0.717) is 38.0 Å². The number of rotatable bonds is 8. The van der Waals surface area contributed by atoms with Crippen molar-refractivity contribution >= 4 is 11.6 Å². The van der Waals surface area contributed by atoms with E-state index in [9.17, 15) is 4.39 Å². The molecule has 2 aromatic rings. The third kappa shape index (κ3) is 4.15. The summed E-state index contributed by atoms with van der Waals surface area (Å²) in [7, 11) is 1.64. The first-order valence-corrected chi connectivity index (χ1v) is 6.12. The van der Waals surface area contributed by atoms with Gasteiger partial charge in [-0.15, -0.1) is 5.10 Å². The van der Waals surface area contributed by atoms with Gasteiger partial charge in [-0.25, -0.2) is 8.91 Å². The Morgan fingerprint density at radius 2 is 2.21 bits per heavy atom. The predicted octanol–water partition coefficient (Wildman–Crippen LogP) is 1.33. The van der Waals surface area contributed by atoms with Gasteiger partial charge >= 0.3 is 0 Å². The van der Waals surface area contributed by atoms with E-state index in [1.54, 1.807) is 13.2 Å². The quantitative estimate of drug-likeness (QED) is 0.732. The lowest BCUT2D eigenvalue weighted by Gasteiger charge is -2.03. The van der Waals surface area contributed by atoms with Crippen molar-refractivity contribution in [3.8, 4) is 0 Å². The SMILES string of the molecule is COCCOCCCNc1nc2ccc(F)cn2n1. The molecule has 0 saturated heterocycles. The molecule has 2 heterocycles. The molecular weight excluding hydrogens is 251 g/mol. The molecule has 1 N–H and O–H groups in total. The van der Waals surface area contributed by atoms with Gasteiger partial charge in [0, 0.05) is 20.3 Å². The number of methoxy groups -OCH3 is 1. The van der Waals surface area contributed by atoms with Crippen LogP contribution in [0.15, 0.2) is 18.3 Å². The van der Waals surface area contributed by atoms with Crippen LogP contribution in [-0.4, -0.2) is 48.1 Å². The zero-order valence-electron chi connectivity index (χ0n) is 10.8. The summed E-state index contributed by atoms with van der Waals surface area (Å²) in [5.41, 5.74) is 0.611. The van der Waals surface area contributed by atoms with Gasteiger partial charge in [-0.05, 0) is 18.6 Å². The summed E-state index contributed by atoms with van der Waals surface area (Å²) < 4.78 is 24.6. The molecule has 7 heteroatoms. The number of fused-ring (bicyclic) bond motifs is 1. The van der Waals surface area contributed by atoms with E-state index in [4.69, 9.17) is 9.47 Å². The second-order valence-corrected chi connectivity index (χ2v) is 3.97. The average molecular weight is 268 g/mol. The zero-order chi connectivity index (χ0) is 13.5. The smallest absolute Gasteiger partial charge is 0.243 e. The molecule has 104 valence electrons. The number of hydrogen-bond donors (Lipinski definition) is 1. The van der Waals surface area contributed by atoms with E-state index in [1.807, 2.05) is 0 Å². The number of halogens is 1. The van der Waals surface area contributed by atoms with E-state index < -0.39 is 0 Å². The second-order valence-electron chi connectivity index (χ2n) is 3.97. The highest BCUT2D eigenvalue weighted by molar-refractivity contribution is 5.42. The summed E-state index contributed by atoms with van der Waals surface area (Å²) in [4.78, 5) is 4.21. The number of nitrogens with zero attached hydrogens (tertiary/aromatic N) is 3. The number of anilines is 1. The lowest BCUT2D eigenvalue weighted by atomic mass is 10.4. The van der Waals surface area contributed by atoms with Gasteiger partial charge < -0.3 is 14.8 Å². The lowest BCUT2D eigenvalue weighted by molar-refractivity contribution is 0.0705. The Morgan fingerprint density at radius 1 is 1.32 bits per heavy atom. The first-order chi connectivity index (χ1) is 9.29. The lowest BCUT2D eigenvalue weighted by Crippen LogP contribution is -2.09. The molecule has 0 unspecified atom stereocenters. The number of hydrogen-bond acceptors (Lipinski definition) is 5. The Labute approximate surface area is 110 Å². The normalized spacial score (nSPS) is 11.1. The monoisotopic (exact) mass is 268 g/mol. The molecule has 2 aromatic heterocycles. The highest BCUT2D eigenvalue weighted by atomic mass is 19.1. The van der Waals surface area contributed by atoms with Crippen LogP contribution in [0.5, 0.6) is 0 Å². The molecule has 0 saturated carbocycles. The fourth-order valence-corrected chi connectivity index (χ4v) is 1.55. The fraction of sp³-hybridized carbons (Fsp3) is 0.500. The summed E-state index contributed by atoms with van der Waals surface area (Å²) in [5.74, 6) is 0.151. The molecule has 0 atom stereocenters. The van der Waals surface area contributed by atoms with Crippen molar-refractivity contribution in [2.75, 3.05) is 38.8 Å². The van der Waals surface area contributed by atoms with Gasteiger partial charge in [0.2, 0.25) is 5.95 Å². The third-order valence-electron chi connectivity index (χ3n) is 2.48. The maximum atomic E-state index is 13.0. The van der Waals surface area contributed by atoms with E-state index in [0.717, 1.165) is 6.42 Å².